The Morgan fingerprint density at radius 2 is 1.83 bits per heavy atom. The largest absolute Gasteiger partial charge is 0.489 e. The van der Waals surface area contributed by atoms with Gasteiger partial charge in [0.2, 0.25) is 0 Å². The van der Waals surface area contributed by atoms with Gasteiger partial charge in [-0.25, -0.2) is 0 Å². The third-order valence-electron chi connectivity index (χ3n) is 3.72. The van der Waals surface area contributed by atoms with E-state index in [2.05, 4.69) is 5.32 Å². The van der Waals surface area contributed by atoms with Crippen molar-refractivity contribution in [3.63, 3.8) is 0 Å². The van der Waals surface area contributed by atoms with Crippen LogP contribution < -0.4 is 10.1 Å². The minimum atomic E-state index is -0.856. The van der Waals surface area contributed by atoms with Crippen LogP contribution in [-0.4, -0.2) is 18.1 Å². The van der Waals surface area contributed by atoms with E-state index in [1.165, 1.54) is 0 Å². The zero-order valence-electron chi connectivity index (χ0n) is 14.8. The summed E-state index contributed by atoms with van der Waals surface area (Å²) in [5, 5.41) is 2.89. The average Bonchev–Trinajstić information content (AvgIpc) is 2.55. The fraction of sp³-hybridized carbons (Fsp3) is 0.350. The average molecular weight is 327 g/mol. The van der Waals surface area contributed by atoms with Crippen LogP contribution in [0.4, 0.5) is 5.69 Å². The first-order valence-electron chi connectivity index (χ1n) is 8.15. The van der Waals surface area contributed by atoms with Crippen LogP contribution >= 0.6 is 0 Å². The molecule has 0 aromatic heterocycles. The molecule has 0 unspecified atom stereocenters. The maximum Gasteiger partial charge on any atom is 0.256 e. The number of carbonyl (C=O) groups excluding carboxylic acids is 1. The van der Waals surface area contributed by atoms with Crippen molar-refractivity contribution >= 4 is 11.6 Å². The molecule has 0 fully saturated rings. The second-order valence-corrected chi connectivity index (χ2v) is 6.15. The van der Waals surface area contributed by atoms with Gasteiger partial charge in [-0.2, -0.15) is 0 Å². The Balaban J connectivity index is 2.00. The lowest BCUT2D eigenvalue weighted by atomic mass is 10.1. The number of anilines is 1. The molecule has 0 aliphatic heterocycles. The van der Waals surface area contributed by atoms with E-state index in [9.17, 15) is 4.79 Å². The Labute approximate surface area is 143 Å². The number of benzene rings is 2. The van der Waals surface area contributed by atoms with Gasteiger partial charge in [0.1, 0.15) is 18.0 Å². The van der Waals surface area contributed by atoms with E-state index in [0.29, 0.717) is 13.2 Å². The molecule has 1 amide bonds. The van der Waals surface area contributed by atoms with E-state index in [1.807, 2.05) is 62.4 Å². The van der Waals surface area contributed by atoms with Crippen LogP contribution in [0.1, 0.15) is 31.9 Å². The molecule has 0 aliphatic rings. The Morgan fingerprint density at radius 1 is 1.12 bits per heavy atom. The predicted molar refractivity (Wildman–Crippen MR) is 96.3 cm³/mol. The van der Waals surface area contributed by atoms with Gasteiger partial charge in [0.05, 0.1) is 0 Å². The lowest BCUT2D eigenvalue weighted by molar-refractivity contribution is -0.136. The number of ether oxygens (including phenoxy) is 2. The third kappa shape index (κ3) is 4.83. The summed E-state index contributed by atoms with van der Waals surface area (Å²) in [7, 11) is 0. The van der Waals surface area contributed by atoms with Crippen molar-refractivity contribution in [2.75, 3.05) is 11.9 Å². The zero-order chi connectivity index (χ0) is 17.6. The smallest absolute Gasteiger partial charge is 0.256 e. The highest BCUT2D eigenvalue weighted by molar-refractivity contribution is 5.96. The first-order valence-corrected chi connectivity index (χ1v) is 8.15. The summed E-state index contributed by atoms with van der Waals surface area (Å²) >= 11 is 0. The molecule has 4 nitrogen and oxygen atoms in total. The van der Waals surface area contributed by atoms with Gasteiger partial charge >= 0.3 is 0 Å². The molecular formula is C20H25NO3. The molecule has 0 saturated heterocycles. The number of carbonyl (C=O) groups is 1. The highest BCUT2D eigenvalue weighted by Gasteiger charge is 2.27. The first-order chi connectivity index (χ1) is 11.4. The summed E-state index contributed by atoms with van der Waals surface area (Å²) in [5.74, 6) is 0.641. The number of hydrogen-bond acceptors (Lipinski definition) is 3. The minimum Gasteiger partial charge on any atom is -0.489 e. The molecule has 0 bridgehead atoms. The molecule has 0 aliphatic carbocycles. The Kier molecular flexibility index (Phi) is 5.99. The van der Waals surface area contributed by atoms with Crippen LogP contribution in [-0.2, 0) is 16.1 Å². The second-order valence-electron chi connectivity index (χ2n) is 6.15. The van der Waals surface area contributed by atoms with Gasteiger partial charge in [-0.1, -0.05) is 30.3 Å². The number of nitrogens with one attached hydrogen (secondary N) is 1. The molecule has 1 N–H and O–H groups in total. The highest BCUT2D eigenvalue weighted by atomic mass is 16.5. The van der Waals surface area contributed by atoms with Gasteiger partial charge in [0.25, 0.3) is 5.91 Å². The number of amides is 1. The van der Waals surface area contributed by atoms with Gasteiger partial charge in [0, 0.05) is 12.3 Å². The number of hydrogen-bond donors (Lipinski definition) is 1. The predicted octanol–water partition coefficient (Wildman–Crippen LogP) is 4.33. The minimum absolute atomic E-state index is 0.165. The standard InChI is InChI=1S/C20H25NO3/c1-5-24-20(3,4)19(22)21-17-11-12-18(15(2)13-17)23-14-16-9-7-6-8-10-16/h6-13H,5,14H2,1-4H3,(H,21,22). The van der Waals surface area contributed by atoms with Crippen LogP contribution in [0, 0.1) is 6.92 Å². The van der Waals surface area contributed by atoms with E-state index in [0.717, 1.165) is 22.6 Å². The van der Waals surface area contributed by atoms with Gasteiger partial charge in [-0.3, -0.25) is 4.79 Å². The number of rotatable bonds is 7. The normalized spacial score (nSPS) is 11.2. The summed E-state index contributed by atoms with van der Waals surface area (Å²) in [6.07, 6.45) is 0. The molecule has 4 heteroatoms. The highest BCUT2D eigenvalue weighted by Crippen LogP contribution is 2.24. The SMILES string of the molecule is CCOC(C)(C)C(=O)Nc1ccc(OCc2ccccc2)c(C)c1. The van der Waals surface area contributed by atoms with E-state index < -0.39 is 5.60 Å². The molecule has 2 aromatic carbocycles. The Hall–Kier alpha value is -2.33. The summed E-state index contributed by atoms with van der Waals surface area (Å²) < 4.78 is 11.3. The molecule has 0 heterocycles. The van der Waals surface area contributed by atoms with Crippen molar-refractivity contribution in [2.45, 2.75) is 39.9 Å². The van der Waals surface area contributed by atoms with Gasteiger partial charge < -0.3 is 14.8 Å². The number of aryl methyl sites for hydroxylation is 1. The van der Waals surface area contributed by atoms with Gasteiger partial charge in [-0.05, 0) is 57.0 Å². The molecular weight excluding hydrogens is 302 g/mol. The van der Waals surface area contributed by atoms with E-state index >= 15 is 0 Å². The monoisotopic (exact) mass is 327 g/mol. The van der Waals surface area contributed by atoms with E-state index in [4.69, 9.17) is 9.47 Å². The van der Waals surface area contributed by atoms with Gasteiger partial charge in [-0.15, -0.1) is 0 Å². The van der Waals surface area contributed by atoms with Crippen LogP contribution in [0.15, 0.2) is 48.5 Å². The van der Waals surface area contributed by atoms with Crippen LogP contribution in [0.2, 0.25) is 0 Å². The van der Waals surface area contributed by atoms with Crippen LogP contribution in [0.5, 0.6) is 5.75 Å². The Morgan fingerprint density at radius 3 is 2.46 bits per heavy atom. The summed E-state index contributed by atoms with van der Waals surface area (Å²) in [6.45, 7) is 8.37. The van der Waals surface area contributed by atoms with Gasteiger partial charge in [0.15, 0.2) is 0 Å². The first kappa shape index (κ1) is 18.0. The molecule has 24 heavy (non-hydrogen) atoms. The quantitative estimate of drug-likeness (QED) is 0.823. The fourth-order valence-electron chi connectivity index (χ4n) is 2.33. The van der Waals surface area contributed by atoms with E-state index in [-0.39, 0.29) is 5.91 Å². The molecule has 0 saturated carbocycles. The van der Waals surface area contributed by atoms with Crippen molar-refractivity contribution in [2.24, 2.45) is 0 Å². The van der Waals surface area contributed by atoms with Crippen molar-refractivity contribution in [1.29, 1.82) is 0 Å². The second kappa shape index (κ2) is 7.97. The summed E-state index contributed by atoms with van der Waals surface area (Å²) in [6, 6.07) is 15.6. The molecule has 2 aromatic rings. The van der Waals surface area contributed by atoms with Crippen molar-refractivity contribution < 1.29 is 14.3 Å². The van der Waals surface area contributed by atoms with Crippen LogP contribution in [0.3, 0.4) is 0 Å². The Bertz CT molecular complexity index is 681. The summed E-state index contributed by atoms with van der Waals surface area (Å²) in [4.78, 5) is 12.3. The molecule has 0 spiro atoms. The lowest BCUT2D eigenvalue weighted by Crippen LogP contribution is -2.39. The third-order valence-corrected chi connectivity index (χ3v) is 3.72. The molecule has 0 atom stereocenters. The maximum atomic E-state index is 12.3. The molecule has 128 valence electrons. The zero-order valence-corrected chi connectivity index (χ0v) is 14.8. The molecule has 0 radical (unpaired) electrons. The fourth-order valence-corrected chi connectivity index (χ4v) is 2.33. The summed E-state index contributed by atoms with van der Waals surface area (Å²) in [5.41, 5.74) is 1.97. The van der Waals surface area contributed by atoms with Crippen molar-refractivity contribution in [3.05, 3.63) is 59.7 Å². The van der Waals surface area contributed by atoms with Crippen molar-refractivity contribution in [1.82, 2.24) is 0 Å². The van der Waals surface area contributed by atoms with Crippen LogP contribution in [0.25, 0.3) is 0 Å². The topological polar surface area (TPSA) is 47.6 Å². The molecule has 2 rings (SSSR count). The maximum absolute atomic E-state index is 12.3. The van der Waals surface area contributed by atoms with E-state index in [1.54, 1.807) is 13.8 Å². The van der Waals surface area contributed by atoms with Crippen molar-refractivity contribution in [3.8, 4) is 5.75 Å². The lowest BCUT2D eigenvalue weighted by Gasteiger charge is -2.23.